The molecule has 1 aromatic carbocycles. The molecule has 0 unspecified atom stereocenters. The van der Waals surface area contributed by atoms with E-state index in [4.69, 9.17) is 14.5 Å². The van der Waals surface area contributed by atoms with Crippen LogP contribution in [0.3, 0.4) is 0 Å². The molecule has 1 aliphatic carbocycles. The molecule has 33 heavy (non-hydrogen) atoms. The number of carbonyl (C=O) groups excluding carboxylic acids is 1. The minimum atomic E-state index is -0.484. The number of anilines is 4. The monoisotopic (exact) mass is 447 g/mol. The van der Waals surface area contributed by atoms with E-state index in [0.717, 1.165) is 41.4 Å². The van der Waals surface area contributed by atoms with E-state index in [9.17, 15) is 4.79 Å². The van der Waals surface area contributed by atoms with Crippen molar-refractivity contribution in [3.63, 3.8) is 0 Å². The first kappa shape index (κ1) is 20.0. The molecule has 1 saturated heterocycles. The maximum absolute atomic E-state index is 13.3. The summed E-state index contributed by atoms with van der Waals surface area (Å²) in [4.78, 5) is 30.7. The van der Waals surface area contributed by atoms with Crippen LogP contribution in [0.15, 0.2) is 36.9 Å². The van der Waals surface area contributed by atoms with Crippen LogP contribution in [0.4, 0.5) is 23.1 Å². The van der Waals surface area contributed by atoms with E-state index < -0.39 is 5.54 Å². The number of likely N-dealkylation sites (N-methyl/N-ethyl adjacent to an activating group) is 1. The highest BCUT2D eigenvalue weighted by Crippen LogP contribution is 2.51. The number of aromatic nitrogens is 4. The van der Waals surface area contributed by atoms with Gasteiger partial charge in [0.05, 0.1) is 50.3 Å². The first-order valence-electron chi connectivity index (χ1n) is 11.0. The van der Waals surface area contributed by atoms with Gasteiger partial charge in [0.2, 0.25) is 5.95 Å². The molecule has 1 spiro atoms. The number of amides is 1. The predicted molar refractivity (Wildman–Crippen MR) is 123 cm³/mol. The first-order valence-corrected chi connectivity index (χ1v) is 11.0. The van der Waals surface area contributed by atoms with Crippen molar-refractivity contribution in [2.45, 2.75) is 31.3 Å². The third-order valence-electron chi connectivity index (χ3n) is 6.72. The summed E-state index contributed by atoms with van der Waals surface area (Å²) in [5.41, 5.74) is 2.87. The second kappa shape index (κ2) is 7.17. The van der Waals surface area contributed by atoms with Gasteiger partial charge in [-0.1, -0.05) is 0 Å². The number of carbonyl (C=O) groups is 1. The fraction of sp³-hybridized carbons (Fsp3) is 0.391. The van der Waals surface area contributed by atoms with Crippen LogP contribution in [-0.4, -0.2) is 64.4 Å². The van der Waals surface area contributed by atoms with Crippen molar-refractivity contribution in [2.75, 3.05) is 42.5 Å². The molecule has 6 rings (SSSR count). The molecule has 4 heterocycles. The molecular formula is C23H25N7O3. The molecule has 170 valence electrons. The van der Waals surface area contributed by atoms with Gasteiger partial charge in [-0.05, 0) is 31.9 Å². The first-order chi connectivity index (χ1) is 16.0. The van der Waals surface area contributed by atoms with Gasteiger partial charge in [0.1, 0.15) is 17.0 Å². The average molecular weight is 447 g/mol. The van der Waals surface area contributed by atoms with Gasteiger partial charge in [0.15, 0.2) is 5.82 Å². The Bertz CT molecular complexity index is 1250. The van der Waals surface area contributed by atoms with Crippen LogP contribution < -0.4 is 19.9 Å². The Morgan fingerprint density at radius 3 is 2.67 bits per heavy atom. The summed E-state index contributed by atoms with van der Waals surface area (Å²) in [7, 11) is 3.58. The van der Waals surface area contributed by atoms with Crippen LogP contribution in [0.25, 0.3) is 5.69 Å². The molecule has 0 atom stereocenters. The van der Waals surface area contributed by atoms with Gasteiger partial charge in [-0.3, -0.25) is 9.69 Å². The van der Waals surface area contributed by atoms with E-state index in [1.807, 2.05) is 52.7 Å². The van der Waals surface area contributed by atoms with Crippen molar-refractivity contribution >= 4 is 29.0 Å². The van der Waals surface area contributed by atoms with Gasteiger partial charge in [0, 0.05) is 25.0 Å². The highest BCUT2D eigenvalue weighted by molar-refractivity contribution is 6.10. The quantitative estimate of drug-likeness (QED) is 0.637. The molecule has 1 N–H and O–H groups in total. The molecule has 3 aliphatic rings. The maximum Gasteiger partial charge on any atom is 0.253 e. The number of benzene rings is 1. The smallest absolute Gasteiger partial charge is 0.253 e. The molecule has 0 bridgehead atoms. The average Bonchev–Trinajstić information content (AvgIpc) is 3.48. The zero-order chi connectivity index (χ0) is 22.7. The molecule has 1 amide bonds. The molecule has 2 aromatic heterocycles. The third kappa shape index (κ3) is 3.05. The lowest BCUT2D eigenvalue weighted by molar-refractivity contribution is -0.123. The largest absolute Gasteiger partial charge is 0.494 e. The predicted octanol–water partition coefficient (Wildman–Crippen LogP) is 2.44. The second-order valence-electron chi connectivity index (χ2n) is 8.79. The molecule has 3 aromatic rings. The Balaban J connectivity index is 1.32. The molecule has 2 aliphatic heterocycles. The van der Waals surface area contributed by atoms with Crippen LogP contribution >= 0.6 is 0 Å². The summed E-state index contributed by atoms with van der Waals surface area (Å²) >= 11 is 0. The molecule has 10 nitrogen and oxygen atoms in total. The van der Waals surface area contributed by atoms with Crippen LogP contribution in [0.5, 0.6) is 5.75 Å². The van der Waals surface area contributed by atoms with Crippen molar-refractivity contribution in [3.05, 3.63) is 42.6 Å². The minimum absolute atomic E-state index is 0.0495. The molecule has 10 heteroatoms. The summed E-state index contributed by atoms with van der Waals surface area (Å²) < 4.78 is 12.9. The van der Waals surface area contributed by atoms with E-state index >= 15 is 0 Å². The minimum Gasteiger partial charge on any atom is -0.494 e. The number of imidazole rings is 1. The summed E-state index contributed by atoms with van der Waals surface area (Å²) in [6, 6.07) is 5.86. The van der Waals surface area contributed by atoms with E-state index in [0.29, 0.717) is 24.9 Å². The molecular weight excluding hydrogens is 422 g/mol. The number of nitrogens with one attached hydrogen (secondary N) is 1. The number of aryl methyl sites for hydroxylation is 1. The Labute approximate surface area is 191 Å². The number of rotatable bonds is 5. The number of hydrogen-bond acceptors (Lipinski definition) is 8. The number of ether oxygens (including phenoxy) is 2. The number of nitrogens with zero attached hydrogens (tertiary/aromatic N) is 6. The normalized spacial score (nSPS) is 18.8. The highest BCUT2D eigenvalue weighted by atomic mass is 16.5. The second-order valence-corrected chi connectivity index (χ2v) is 8.79. The van der Waals surface area contributed by atoms with Crippen LogP contribution in [0.2, 0.25) is 0 Å². The third-order valence-corrected chi connectivity index (χ3v) is 6.72. The van der Waals surface area contributed by atoms with Crippen molar-refractivity contribution in [1.29, 1.82) is 0 Å². The Kier molecular flexibility index (Phi) is 4.34. The summed E-state index contributed by atoms with van der Waals surface area (Å²) in [5, 5.41) is 3.28. The van der Waals surface area contributed by atoms with Gasteiger partial charge >= 0.3 is 0 Å². The van der Waals surface area contributed by atoms with Crippen LogP contribution in [0.1, 0.15) is 18.5 Å². The SMILES string of the molecule is COc1cc(Nc2ncc3c(n2)N(C)C2(CC2)C(=O)N3C2COC2)ccc1-n1cnc(C)c1. The number of methoxy groups -OCH3 is 1. The Hall–Kier alpha value is -3.66. The number of fused-ring (bicyclic) bond motifs is 1. The van der Waals surface area contributed by atoms with Gasteiger partial charge in [-0.25, -0.2) is 9.97 Å². The van der Waals surface area contributed by atoms with Crippen molar-refractivity contribution in [1.82, 2.24) is 19.5 Å². The summed E-state index contributed by atoms with van der Waals surface area (Å²) in [6.07, 6.45) is 7.11. The van der Waals surface area contributed by atoms with Gasteiger partial charge in [0.25, 0.3) is 5.91 Å². The lowest BCUT2D eigenvalue weighted by Gasteiger charge is -2.46. The zero-order valence-electron chi connectivity index (χ0n) is 18.8. The fourth-order valence-corrected chi connectivity index (χ4v) is 4.58. The van der Waals surface area contributed by atoms with Gasteiger partial charge < -0.3 is 24.3 Å². The van der Waals surface area contributed by atoms with Gasteiger partial charge in [-0.2, -0.15) is 4.98 Å². The van der Waals surface area contributed by atoms with Crippen molar-refractivity contribution < 1.29 is 14.3 Å². The number of hydrogen-bond donors (Lipinski definition) is 1. The summed E-state index contributed by atoms with van der Waals surface area (Å²) in [6.45, 7) is 3.04. The van der Waals surface area contributed by atoms with Crippen LogP contribution in [-0.2, 0) is 9.53 Å². The lowest BCUT2D eigenvalue weighted by atomic mass is 10.0. The standard InChI is InChI=1S/C23H25N7O3/c1-14-10-29(13-25-14)17-5-4-15(8-19(17)32-3)26-22-24-9-18-20(27-22)28(2)23(6-7-23)21(31)30(18)16-11-33-12-16/h4-5,8-10,13,16H,6-7,11-12H2,1-3H3,(H,24,26,27). The molecule has 1 saturated carbocycles. The van der Waals surface area contributed by atoms with E-state index in [1.54, 1.807) is 19.6 Å². The lowest BCUT2D eigenvalue weighted by Crippen LogP contribution is -2.62. The molecule has 0 radical (unpaired) electrons. The van der Waals surface area contributed by atoms with Crippen LogP contribution in [0, 0.1) is 6.92 Å². The zero-order valence-corrected chi connectivity index (χ0v) is 18.8. The highest BCUT2D eigenvalue weighted by Gasteiger charge is 2.60. The maximum atomic E-state index is 13.3. The fourth-order valence-electron chi connectivity index (χ4n) is 4.58. The topological polar surface area (TPSA) is 97.6 Å². The van der Waals surface area contributed by atoms with E-state index in [1.165, 1.54) is 0 Å². The van der Waals surface area contributed by atoms with E-state index in [-0.39, 0.29) is 11.9 Å². The Morgan fingerprint density at radius 1 is 1.21 bits per heavy atom. The Morgan fingerprint density at radius 2 is 2.03 bits per heavy atom. The van der Waals surface area contributed by atoms with Crippen molar-refractivity contribution in [2.24, 2.45) is 0 Å². The van der Waals surface area contributed by atoms with Crippen molar-refractivity contribution in [3.8, 4) is 11.4 Å². The summed E-state index contributed by atoms with van der Waals surface area (Å²) in [5.74, 6) is 2.05. The molecule has 2 fully saturated rings. The van der Waals surface area contributed by atoms with E-state index in [2.05, 4.69) is 15.3 Å². The van der Waals surface area contributed by atoms with Gasteiger partial charge in [-0.15, -0.1) is 0 Å².